The van der Waals surface area contributed by atoms with Gasteiger partial charge in [-0.1, -0.05) is 30.3 Å². The highest BCUT2D eigenvalue weighted by atomic mass is 16.5. The van der Waals surface area contributed by atoms with Crippen LogP contribution in [0.3, 0.4) is 0 Å². The van der Waals surface area contributed by atoms with Gasteiger partial charge in [-0.3, -0.25) is 9.78 Å². The third kappa shape index (κ3) is 2.92. The SMILES string of the molecule is Cc1ccccc1C(=O)COc1ccc2cccnc2c1. The summed E-state index contributed by atoms with van der Waals surface area (Å²) in [5.74, 6) is 0.636. The van der Waals surface area contributed by atoms with Crippen LogP contribution in [0, 0.1) is 6.92 Å². The van der Waals surface area contributed by atoms with Crippen molar-refractivity contribution in [1.29, 1.82) is 0 Å². The molecule has 3 aromatic rings. The van der Waals surface area contributed by atoms with Crippen LogP contribution in [0.1, 0.15) is 15.9 Å². The summed E-state index contributed by atoms with van der Waals surface area (Å²) in [6.45, 7) is 1.95. The number of ether oxygens (including phenoxy) is 1. The number of rotatable bonds is 4. The van der Waals surface area contributed by atoms with Crippen molar-refractivity contribution in [3.63, 3.8) is 0 Å². The summed E-state index contributed by atoms with van der Waals surface area (Å²) in [6.07, 6.45) is 1.74. The molecule has 0 amide bonds. The molecule has 0 aliphatic heterocycles. The largest absolute Gasteiger partial charge is 0.485 e. The van der Waals surface area contributed by atoms with Crippen LogP contribution in [0.2, 0.25) is 0 Å². The van der Waals surface area contributed by atoms with E-state index in [4.69, 9.17) is 4.74 Å². The minimum Gasteiger partial charge on any atom is -0.485 e. The number of ketones is 1. The molecule has 0 radical (unpaired) electrons. The molecule has 3 rings (SSSR count). The molecule has 0 spiro atoms. The first-order valence-electron chi connectivity index (χ1n) is 6.80. The predicted molar refractivity (Wildman–Crippen MR) is 82.7 cm³/mol. The van der Waals surface area contributed by atoms with E-state index in [0.29, 0.717) is 11.3 Å². The van der Waals surface area contributed by atoms with E-state index in [1.54, 1.807) is 6.20 Å². The van der Waals surface area contributed by atoms with Gasteiger partial charge in [0.2, 0.25) is 0 Å². The maximum atomic E-state index is 12.2. The maximum Gasteiger partial charge on any atom is 0.200 e. The number of pyridine rings is 1. The predicted octanol–water partition coefficient (Wildman–Crippen LogP) is 3.80. The van der Waals surface area contributed by atoms with Gasteiger partial charge in [-0.05, 0) is 30.7 Å². The van der Waals surface area contributed by atoms with Gasteiger partial charge in [0.1, 0.15) is 5.75 Å². The number of nitrogens with zero attached hydrogens (tertiary/aromatic N) is 1. The Morgan fingerprint density at radius 3 is 2.81 bits per heavy atom. The molecule has 0 fully saturated rings. The van der Waals surface area contributed by atoms with E-state index in [1.807, 2.05) is 61.5 Å². The Hall–Kier alpha value is -2.68. The standard InChI is InChI=1S/C18H15NO2/c1-13-5-2-3-7-16(13)18(20)12-21-15-9-8-14-6-4-10-19-17(14)11-15/h2-11H,12H2,1H3. The Kier molecular flexibility index (Phi) is 3.65. The van der Waals surface area contributed by atoms with E-state index in [-0.39, 0.29) is 12.4 Å². The van der Waals surface area contributed by atoms with Crippen molar-refractivity contribution in [1.82, 2.24) is 4.98 Å². The lowest BCUT2D eigenvalue weighted by Crippen LogP contribution is -2.12. The molecule has 1 heterocycles. The molecule has 3 heteroatoms. The first-order valence-corrected chi connectivity index (χ1v) is 6.80. The lowest BCUT2D eigenvalue weighted by atomic mass is 10.1. The molecule has 0 N–H and O–H groups in total. The van der Waals surface area contributed by atoms with E-state index < -0.39 is 0 Å². The smallest absolute Gasteiger partial charge is 0.200 e. The maximum absolute atomic E-state index is 12.2. The van der Waals surface area contributed by atoms with Crippen LogP contribution >= 0.6 is 0 Å². The quantitative estimate of drug-likeness (QED) is 0.681. The Morgan fingerprint density at radius 2 is 1.95 bits per heavy atom. The molecule has 0 atom stereocenters. The van der Waals surface area contributed by atoms with Crippen LogP contribution in [0.5, 0.6) is 5.75 Å². The molecule has 0 bridgehead atoms. The molecule has 0 unspecified atom stereocenters. The average Bonchev–Trinajstić information content (AvgIpc) is 2.53. The van der Waals surface area contributed by atoms with E-state index >= 15 is 0 Å². The molecule has 1 aromatic heterocycles. The number of Topliss-reactive ketones (excluding diaryl/α,β-unsaturated/α-hetero) is 1. The summed E-state index contributed by atoms with van der Waals surface area (Å²) < 4.78 is 5.60. The fraction of sp³-hybridized carbons (Fsp3) is 0.111. The minimum atomic E-state index is -0.0192. The van der Waals surface area contributed by atoms with E-state index in [0.717, 1.165) is 16.5 Å². The van der Waals surface area contributed by atoms with E-state index in [2.05, 4.69) is 4.98 Å². The second-order valence-electron chi connectivity index (χ2n) is 4.88. The molecular weight excluding hydrogens is 262 g/mol. The van der Waals surface area contributed by atoms with Crippen molar-refractivity contribution >= 4 is 16.7 Å². The first-order chi connectivity index (χ1) is 10.2. The Morgan fingerprint density at radius 1 is 1.10 bits per heavy atom. The monoisotopic (exact) mass is 277 g/mol. The van der Waals surface area contributed by atoms with Crippen LogP contribution in [0.4, 0.5) is 0 Å². The molecule has 21 heavy (non-hydrogen) atoms. The second kappa shape index (κ2) is 5.75. The van der Waals surface area contributed by atoms with Crippen LogP contribution in [-0.2, 0) is 0 Å². The molecule has 0 aliphatic rings. The summed E-state index contributed by atoms with van der Waals surface area (Å²) in [4.78, 5) is 16.4. The minimum absolute atomic E-state index is 0.0192. The first kappa shape index (κ1) is 13.3. The Bertz CT molecular complexity index is 796. The van der Waals surface area contributed by atoms with Gasteiger partial charge in [0.25, 0.3) is 0 Å². The van der Waals surface area contributed by atoms with E-state index in [9.17, 15) is 4.79 Å². The molecule has 3 nitrogen and oxygen atoms in total. The zero-order valence-corrected chi connectivity index (χ0v) is 11.7. The topological polar surface area (TPSA) is 39.2 Å². The summed E-state index contributed by atoms with van der Waals surface area (Å²) in [7, 11) is 0. The van der Waals surface area contributed by atoms with Crippen molar-refractivity contribution < 1.29 is 9.53 Å². The third-order valence-electron chi connectivity index (χ3n) is 3.39. The van der Waals surface area contributed by atoms with Gasteiger partial charge in [-0.15, -0.1) is 0 Å². The van der Waals surface area contributed by atoms with Crippen LogP contribution < -0.4 is 4.74 Å². The molecule has 0 saturated heterocycles. The number of aromatic nitrogens is 1. The number of hydrogen-bond acceptors (Lipinski definition) is 3. The zero-order chi connectivity index (χ0) is 14.7. The Labute approximate surface area is 123 Å². The van der Waals surface area contributed by atoms with Crippen molar-refractivity contribution in [2.75, 3.05) is 6.61 Å². The van der Waals surface area contributed by atoms with Gasteiger partial charge >= 0.3 is 0 Å². The van der Waals surface area contributed by atoms with Gasteiger partial charge in [0.15, 0.2) is 12.4 Å². The number of fused-ring (bicyclic) bond motifs is 1. The van der Waals surface area contributed by atoms with Gasteiger partial charge in [0, 0.05) is 23.2 Å². The lowest BCUT2D eigenvalue weighted by Gasteiger charge is -2.08. The van der Waals surface area contributed by atoms with Crippen molar-refractivity contribution in [3.8, 4) is 5.75 Å². The van der Waals surface area contributed by atoms with Gasteiger partial charge < -0.3 is 4.74 Å². The zero-order valence-electron chi connectivity index (χ0n) is 11.7. The van der Waals surface area contributed by atoms with Gasteiger partial charge in [0.05, 0.1) is 5.52 Å². The Balaban J connectivity index is 1.74. The van der Waals surface area contributed by atoms with Crippen LogP contribution in [0.15, 0.2) is 60.8 Å². The van der Waals surface area contributed by atoms with Crippen LogP contribution in [-0.4, -0.2) is 17.4 Å². The summed E-state index contributed by atoms with van der Waals surface area (Å²) in [5, 5.41) is 1.05. The van der Waals surface area contributed by atoms with Gasteiger partial charge in [-0.25, -0.2) is 0 Å². The highest BCUT2D eigenvalue weighted by molar-refractivity contribution is 5.98. The number of carbonyl (C=O) groups is 1. The second-order valence-corrected chi connectivity index (χ2v) is 4.88. The number of hydrogen-bond donors (Lipinski definition) is 0. The number of aryl methyl sites for hydroxylation is 1. The highest BCUT2D eigenvalue weighted by Gasteiger charge is 2.09. The highest BCUT2D eigenvalue weighted by Crippen LogP contribution is 2.19. The number of benzene rings is 2. The van der Waals surface area contributed by atoms with Crippen molar-refractivity contribution in [2.45, 2.75) is 6.92 Å². The average molecular weight is 277 g/mol. The molecule has 0 aliphatic carbocycles. The van der Waals surface area contributed by atoms with Crippen LogP contribution in [0.25, 0.3) is 10.9 Å². The molecule has 0 saturated carbocycles. The molecule has 2 aromatic carbocycles. The summed E-state index contributed by atoms with van der Waals surface area (Å²) in [5.41, 5.74) is 2.53. The van der Waals surface area contributed by atoms with E-state index in [1.165, 1.54) is 0 Å². The van der Waals surface area contributed by atoms with Crippen molar-refractivity contribution in [3.05, 3.63) is 71.9 Å². The third-order valence-corrected chi connectivity index (χ3v) is 3.39. The summed E-state index contributed by atoms with van der Waals surface area (Å²) >= 11 is 0. The number of carbonyl (C=O) groups excluding carboxylic acids is 1. The fourth-order valence-electron chi connectivity index (χ4n) is 2.25. The summed E-state index contributed by atoms with van der Waals surface area (Å²) in [6, 6.07) is 17.1. The lowest BCUT2D eigenvalue weighted by molar-refractivity contribution is 0.0921. The molecular formula is C18H15NO2. The normalized spacial score (nSPS) is 10.5. The fourth-order valence-corrected chi connectivity index (χ4v) is 2.25. The van der Waals surface area contributed by atoms with Crippen molar-refractivity contribution in [2.24, 2.45) is 0 Å². The van der Waals surface area contributed by atoms with Gasteiger partial charge in [-0.2, -0.15) is 0 Å². The molecule has 104 valence electrons.